The summed E-state index contributed by atoms with van der Waals surface area (Å²) in [6, 6.07) is 0. The van der Waals surface area contributed by atoms with Gasteiger partial charge in [0.25, 0.3) is 0 Å². The number of unbranched alkanes of at least 4 members (excludes halogenated alkanes) is 8. The molecule has 1 rings (SSSR count). The summed E-state index contributed by atoms with van der Waals surface area (Å²) in [5.74, 6) is 0. The zero-order valence-corrected chi connectivity index (χ0v) is 15.8. The van der Waals surface area contributed by atoms with E-state index in [1.165, 1.54) is 105 Å². The Balaban J connectivity index is 1.86. The Bertz CT molecular complexity index is 192. The lowest BCUT2D eigenvalue weighted by Crippen LogP contribution is -2.01. The average Bonchev–Trinajstić information content (AvgIpc) is 2.63. The monoisotopic (exact) mass is 312 g/mol. The van der Waals surface area contributed by atoms with Crippen LogP contribution in [-0.4, -0.2) is 11.8 Å². The van der Waals surface area contributed by atoms with Crippen molar-refractivity contribution in [2.24, 2.45) is 0 Å². The first-order valence-corrected chi connectivity index (χ1v) is 11.5. The molecule has 0 amide bonds. The summed E-state index contributed by atoms with van der Waals surface area (Å²) in [6.45, 7) is 2.30. The number of hydrogen-bond donors (Lipinski definition) is 0. The van der Waals surface area contributed by atoms with Crippen molar-refractivity contribution < 1.29 is 0 Å². The molecule has 1 fully saturated rings. The zero-order chi connectivity index (χ0) is 15.0. The molecule has 126 valence electrons. The highest BCUT2D eigenvalue weighted by molar-refractivity contribution is 7.38. The van der Waals surface area contributed by atoms with Gasteiger partial charge in [0.05, 0.1) is 0 Å². The minimum Gasteiger partial charge on any atom is -0.119 e. The van der Waals surface area contributed by atoms with E-state index in [1.54, 1.807) is 19.0 Å². The highest BCUT2D eigenvalue weighted by Gasteiger charge is 2.09. The molecule has 0 N–H and O–H groups in total. The standard InChI is InChI=1S/C20H41P/c1-2-3-4-5-6-7-10-13-16-19-21-20-17-14-11-8-9-12-15-18-20/h20-21H,2-19H2,1H3. The van der Waals surface area contributed by atoms with Crippen LogP contribution in [0.1, 0.15) is 116 Å². The van der Waals surface area contributed by atoms with Gasteiger partial charge < -0.3 is 0 Å². The molecular weight excluding hydrogens is 271 g/mol. The van der Waals surface area contributed by atoms with Crippen molar-refractivity contribution in [3.63, 3.8) is 0 Å². The van der Waals surface area contributed by atoms with E-state index in [-0.39, 0.29) is 0 Å². The van der Waals surface area contributed by atoms with Crippen molar-refractivity contribution in [1.29, 1.82) is 0 Å². The molecule has 0 nitrogen and oxygen atoms in total. The Labute approximate surface area is 137 Å². The molecule has 1 saturated carbocycles. The van der Waals surface area contributed by atoms with Crippen LogP contribution in [-0.2, 0) is 0 Å². The predicted molar refractivity (Wildman–Crippen MR) is 101 cm³/mol. The van der Waals surface area contributed by atoms with Crippen LogP contribution in [0.25, 0.3) is 0 Å². The Hall–Kier alpha value is 0.430. The number of rotatable bonds is 11. The maximum absolute atomic E-state index is 2.30. The topological polar surface area (TPSA) is 0 Å². The van der Waals surface area contributed by atoms with Gasteiger partial charge in [-0.25, -0.2) is 0 Å². The Morgan fingerprint density at radius 2 is 1.10 bits per heavy atom. The van der Waals surface area contributed by atoms with E-state index in [9.17, 15) is 0 Å². The average molecular weight is 313 g/mol. The molecule has 1 aliphatic rings. The van der Waals surface area contributed by atoms with Crippen molar-refractivity contribution in [3.05, 3.63) is 0 Å². The molecule has 0 aromatic heterocycles. The molecule has 0 heterocycles. The summed E-state index contributed by atoms with van der Waals surface area (Å²) in [6.07, 6.45) is 27.0. The quantitative estimate of drug-likeness (QED) is 0.271. The maximum Gasteiger partial charge on any atom is -0.0237 e. The molecule has 0 spiro atoms. The van der Waals surface area contributed by atoms with E-state index in [2.05, 4.69) is 6.92 Å². The van der Waals surface area contributed by atoms with Crippen molar-refractivity contribution >= 4 is 8.58 Å². The van der Waals surface area contributed by atoms with Crippen LogP contribution in [0.2, 0.25) is 0 Å². The lowest BCUT2D eigenvalue weighted by atomic mass is 10.1. The van der Waals surface area contributed by atoms with E-state index in [4.69, 9.17) is 0 Å². The Morgan fingerprint density at radius 1 is 0.619 bits per heavy atom. The summed E-state index contributed by atoms with van der Waals surface area (Å²) in [5.41, 5.74) is 1.11. The van der Waals surface area contributed by atoms with Gasteiger partial charge in [0.2, 0.25) is 0 Å². The molecule has 0 aliphatic heterocycles. The Kier molecular flexibility index (Phi) is 14.2. The molecule has 0 bridgehead atoms. The van der Waals surface area contributed by atoms with Crippen LogP contribution >= 0.6 is 8.58 Å². The van der Waals surface area contributed by atoms with Gasteiger partial charge in [0.15, 0.2) is 0 Å². The molecule has 21 heavy (non-hydrogen) atoms. The van der Waals surface area contributed by atoms with Gasteiger partial charge in [-0.3, -0.25) is 0 Å². The van der Waals surface area contributed by atoms with Crippen LogP contribution in [0, 0.1) is 0 Å². The van der Waals surface area contributed by atoms with Crippen molar-refractivity contribution in [2.45, 2.75) is 122 Å². The fourth-order valence-corrected chi connectivity index (χ4v) is 5.26. The van der Waals surface area contributed by atoms with Gasteiger partial charge >= 0.3 is 0 Å². The second kappa shape index (κ2) is 15.3. The third-order valence-corrected chi connectivity index (χ3v) is 6.87. The first-order chi connectivity index (χ1) is 10.4. The summed E-state index contributed by atoms with van der Waals surface area (Å²) in [4.78, 5) is 0. The lowest BCUT2D eigenvalue weighted by molar-refractivity contribution is 0.572. The summed E-state index contributed by atoms with van der Waals surface area (Å²) in [5, 5.41) is 0. The van der Waals surface area contributed by atoms with Crippen LogP contribution in [0.4, 0.5) is 0 Å². The molecule has 0 aromatic rings. The largest absolute Gasteiger partial charge is 0.119 e. The van der Waals surface area contributed by atoms with Gasteiger partial charge in [-0.15, -0.1) is 8.58 Å². The molecule has 1 heteroatoms. The predicted octanol–water partition coefficient (Wildman–Crippen LogP) is 7.70. The first-order valence-electron chi connectivity index (χ1n) is 10.2. The normalized spacial score (nSPS) is 18.7. The van der Waals surface area contributed by atoms with Crippen LogP contribution < -0.4 is 0 Å². The fraction of sp³-hybridized carbons (Fsp3) is 1.00. The molecule has 1 unspecified atom stereocenters. The molecule has 1 atom stereocenters. The third-order valence-electron chi connectivity index (χ3n) is 5.07. The van der Waals surface area contributed by atoms with Crippen molar-refractivity contribution in [2.75, 3.05) is 6.16 Å². The minimum atomic E-state index is 1.11. The lowest BCUT2D eigenvalue weighted by Gasteiger charge is -2.15. The Morgan fingerprint density at radius 3 is 1.67 bits per heavy atom. The van der Waals surface area contributed by atoms with E-state index in [0.29, 0.717) is 0 Å². The highest BCUT2D eigenvalue weighted by Crippen LogP contribution is 2.31. The van der Waals surface area contributed by atoms with Crippen molar-refractivity contribution in [3.8, 4) is 0 Å². The second-order valence-corrected chi connectivity index (χ2v) is 8.90. The van der Waals surface area contributed by atoms with Crippen LogP contribution in [0.15, 0.2) is 0 Å². The zero-order valence-electron chi connectivity index (χ0n) is 14.8. The SMILES string of the molecule is CCCCCCCCCCCPC1CCCCCCCC1. The van der Waals surface area contributed by atoms with E-state index >= 15 is 0 Å². The maximum atomic E-state index is 2.30. The molecule has 1 aliphatic carbocycles. The molecule has 0 aromatic carbocycles. The number of hydrogen-bond acceptors (Lipinski definition) is 0. The van der Waals surface area contributed by atoms with Crippen LogP contribution in [0.3, 0.4) is 0 Å². The van der Waals surface area contributed by atoms with Gasteiger partial charge in [-0.05, 0) is 31.1 Å². The fourth-order valence-electron chi connectivity index (χ4n) is 3.58. The summed E-state index contributed by atoms with van der Waals surface area (Å²) < 4.78 is 0. The molecular formula is C20H41P. The minimum absolute atomic E-state index is 1.11. The highest BCUT2D eigenvalue weighted by atomic mass is 31.1. The van der Waals surface area contributed by atoms with Gasteiger partial charge in [0.1, 0.15) is 0 Å². The summed E-state index contributed by atoms with van der Waals surface area (Å²) in [7, 11) is 1.28. The van der Waals surface area contributed by atoms with Gasteiger partial charge in [-0.2, -0.15) is 0 Å². The second-order valence-electron chi connectivity index (χ2n) is 7.18. The van der Waals surface area contributed by atoms with Crippen LogP contribution in [0.5, 0.6) is 0 Å². The van der Waals surface area contributed by atoms with E-state index < -0.39 is 0 Å². The molecule has 0 saturated heterocycles. The third kappa shape index (κ3) is 12.6. The van der Waals surface area contributed by atoms with E-state index in [1.807, 2.05) is 0 Å². The summed E-state index contributed by atoms with van der Waals surface area (Å²) >= 11 is 0. The first kappa shape index (κ1) is 19.5. The molecule has 0 radical (unpaired) electrons. The van der Waals surface area contributed by atoms with Gasteiger partial charge in [-0.1, -0.05) is 96.8 Å². The van der Waals surface area contributed by atoms with E-state index in [0.717, 1.165) is 5.66 Å². The van der Waals surface area contributed by atoms with Gasteiger partial charge in [0, 0.05) is 0 Å². The van der Waals surface area contributed by atoms with Crippen molar-refractivity contribution in [1.82, 2.24) is 0 Å². The smallest absolute Gasteiger partial charge is 0.0237 e.